The molecular formula is C42H20F12N2O2. The van der Waals surface area contributed by atoms with E-state index in [0.717, 1.165) is 4.90 Å². The number of anilines is 1. The number of alkyl halides is 12. The lowest BCUT2D eigenvalue weighted by Crippen LogP contribution is -2.29. The standard InChI is InChI=1S/C42H20F12N2O2/c43-39(44,45)23-11-15-26(31(19-23)41(49,50)51)21-9-13-28-29-14-10-22(27-16-12-24(40(46,47)48)20-32(27)42(52,53)54)18-35(29)56(34(28)17-21)33-8-4-7-30-36(33)38(58)55(37(30)57)25-5-2-1-3-6-25/h1-20H. The van der Waals surface area contributed by atoms with Gasteiger partial charge in [0.25, 0.3) is 11.8 Å². The van der Waals surface area contributed by atoms with Crippen LogP contribution in [0.25, 0.3) is 49.7 Å². The van der Waals surface area contributed by atoms with Crippen molar-refractivity contribution in [3.8, 4) is 27.9 Å². The molecule has 4 nitrogen and oxygen atoms in total. The number of hydrogen-bond acceptors (Lipinski definition) is 2. The average Bonchev–Trinajstić information content (AvgIpc) is 3.62. The lowest BCUT2D eigenvalue weighted by molar-refractivity contribution is -0.144. The molecule has 2 heterocycles. The van der Waals surface area contributed by atoms with Crippen molar-refractivity contribution < 1.29 is 62.3 Å². The van der Waals surface area contributed by atoms with E-state index in [-0.39, 0.29) is 67.6 Å². The molecule has 16 heteroatoms. The van der Waals surface area contributed by atoms with Gasteiger partial charge in [0.15, 0.2) is 0 Å². The Morgan fingerprint density at radius 2 is 0.897 bits per heavy atom. The summed E-state index contributed by atoms with van der Waals surface area (Å²) < 4.78 is 169. The molecule has 1 aromatic heterocycles. The highest BCUT2D eigenvalue weighted by Crippen LogP contribution is 2.46. The molecule has 0 radical (unpaired) electrons. The number of amides is 2. The molecule has 8 rings (SSSR count). The van der Waals surface area contributed by atoms with Gasteiger partial charge in [0.05, 0.1) is 55.8 Å². The molecule has 294 valence electrons. The van der Waals surface area contributed by atoms with Gasteiger partial charge in [0, 0.05) is 10.8 Å². The first-order valence-electron chi connectivity index (χ1n) is 16.9. The van der Waals surface area contributed by atoms with Crippen molar-refractivity contribution in [3.05, 3.63) is 155 Å². The number of halogens is 12. The predicted octanol–water partition coefficient (Wildman–Crippen LogP) is 13.0. The number of hydrogen-bond donors (Lipinski definition) is 0. The minimum Gasteiger partial charge on any atom is -0.308 e. The molecular weight excluding hydrogens is 792 g/mol. The Morgan fingerprint density at radius 3 is 1.34 bits per heavy atom. The van der Waals surface area contributed by atoms with E-state index < -0.39 is 69.9 Å². The zero-order chi connectivity index (χ0) is 41.7. The Labute approximate surface area is 318 Å². The summed E-state index contributed by atoms with van der Waals surface area (Å²) in [5.74, 6) is -1.57. The fourth-order valence-electron chi connectivity index (χ4n) is 7.29. The topological polar surface area (TPSA) is 42.3 Å². The maximum absolute atomic E-state index is 14.4. The van der Waals surface area contributed by atoms with Crippen molar-refractivity contribution in [1.29, 1.82) is 0 Å². The molecule has 2 amide bonds. The number of fused-ring (bicyclic) bond motifs is 4. The van der Waals surface area contributed by atoms with Gasteiger partial charge in [-0.15, -0.1) is 0 Å². The molecule has 0 fully saturated rings. The number of nitrogens with zero attached hydrogens (tertiary/aromatic N) is 2. The summed E-state index contributed by atoms with van der Waals surface area (Å²) in [7, 11) is 0. The van der Waals surface area contributed by atoms with E-state index in [1.807, 2.05) is 0 Å². The summed E-state index contributed by atoms with van der Waals surface area (Å²) in [6.45, 7) is 0. The second kappa shape index (κ2) is 13.0. The fraction of sp³-hybridized carbons (Fsp3) is 0.0952. The Morgan fingerprint density at radius 1 is 0.414 bits per heavy atom. The van der Waals surface area contributed by atoms with Crippen molar-refractivity contribution in [2.75, 3.05) is 4.90 Å². The summed E-state index contributed by atoms with van der Waals surface area (Å²) >= 11 is 0. The average molecular weight is 813 g/mol. The van der Waals surface area contributed by atoms with Crippen molar-refractivity contribution in [2.45, 2.75) is 24.7 Å². The monoisotopic (exact) mass is 812 g/mol. The Kier molecular flexibility index (Phi) is 8.57. The molecule has 0 saturated heterocycles. The first kappa shape index (κ1) is 38.3. The maximum atomic E-state index is 14.4. The highest BCUT2D eigenvalue weighted by atomic mass is 19.4. The largest absolute Gasteiger partial charge is 0.417 e. The normalized spacial score (nSPS) is 13.9. The van der Waals surface area contributed by atoms with Gasteiger partial charge in [-0.1, -0.05) is 60.7 Å². The molecule has 58 heavy (non-hydrogen) atoms. The van der Waals surface area contributed by atoms with E-state index in [0.29, 0.717) is 24.3 Å². The van der Waals surface area contributed by atoms with Gasteiger partial charge in [0.2, 0.25) is 0 Å². The van der Waals surface area contributed by atoms with E-state index in [9.17, 15) is 62.3 Å². The maximum Gasteiger partial charge on any atom is 0.417 e. The third-order valence-corrected chi connectivity index (χ3v) is 9.84. The van der Waals surface area contributed by atoms with E-state index in [4.69, 9.17) is 0 Å². The zero-order valence-electron chi connectivity index (χ0n) is 28.8. The molecule has 6 aromatic carbocycles. The van der Waals surface area contributed by atoms with E-state index >= 15 is 0 Å². The first-order chi connectivity index (χ1) is 27.1. The van der Waals surface area contributed by atoms with E-state index in [1.165, 1.54) is 71.3 Å². The Bertz CT molecular complexity index is 2700. The van der Waals surface area contributed by atoms with Crippen LogP contribution in [-0.2, 0) is 24.7 Å². The molecule has 1 aliphatic heterocycles. The Balaban J connectivity index is 1.43. The summed E-state index contributed by atoms with van der Waals surface area (Å²) in [6, 6.07) is 21.6. The molecule has 0 bridgehead atoms. The molecule has 0 aliphatic carbocycles. The van der Waals surface area contributed by atoms with Crippen molar-refractivity contribution in [3.63, 3.8) is 0 Å². The smallest absolute Gasteiger partial charge is 0.308 e. The molecule has 1 aliphatic rings. The van der Waals surface area contributed by atoms with Crippen LogP contribution in [-0.4, -0.2) is 16.4 Å². The van der Waals surface area contributed by atoms with Crippen LogP contribution in [0.1, 0.15) is 43.0 Å². The van der Waals surface area contributed by atoms with Gasteiger partial charge in [0.1, 0.15) is 0 Å². The molecule has 7 aromatic rings. The molecule has 0 spiro atoms. The van der Waals surface area contributed by atoms with Gasteiger partial charge in [-0.3, -0.25) is 9.59 Å². The van der Waals surface area contributed by atoms with Crippen molar-refractivity contribution in [1.82, 2.24) is 4.57 Å². The first-order valence-corrected chi connectivity index (χ1v) is 16.9. The van der Waals surface area contributed by atoms with E-state index in [2.05, 4.69) is 0 Å². The van der Waals surface area contributed by atoms with Crippen LogP contribution in [0.3, 0.4) is 0 Å². The fourth-order valence-corrected chi connectivity index (χ4v) is 7.29. The quantitative estimate of drug-likeness (QED) is 0.131. The van der Waals surface area contributed by atoms with Crippen LogP contribution in [0.15, 0.2) is 121 Å². The van der Waals surface area contributed by atoms with Crippen LogP contribution < -0.4 is 4.90 Å². The molecule has 0 N–H and O–H groups in total. The van der Waals surface area contributed by atoms with Crippen LogP contribution >= 0.6 is 0 Å². The summed E-state index contributed by atoms with van der Waals surface area (Å²) in [4.78, 5) is 28.8. The van der Waals surface area contributed by atoms with Gasteiger partial charge in [-0.25, -0.2) is 4.90 Å². The number of imide groups is 1. The number of carbonyl (C=O) groups is 2. The summed E-state index contributed by atoms with van der Waals surface area (Å²) in [5, 5.41) is 0.507. The van der Waals surface area contributed by atoms with E-state index in [1.54, 1.807) is 18.2 Å². The van der Waals surface area contributed by atoms with Crippen LogP contribution in [0.5, 0.6) is 0 Å². The third kappa shape index (κ3) is 6.32. The second-order valence-electron chi connectivity index (χ2n) is 13.3. The molecule has 0 unspecified atom stereocenters. The van der Waals surface area contributed by atoms with Crippen LogP contribution in [0.4, 0.5) is 58.4 Å². The summed E-state index contributed by atoms with van der Waals surface area (Å²) in [5.41, 5.74) is -8.23. The van der Waals surface area contributed by atoms with Gasteiger partial charge < -0.3 is 4.57 Å². The lowest BCUT2D eigenvalue weighted by atomic mass is 9.95. The highest BCUT2D eigenvalue weighted by Gasteiger charge is 2.42. The predicted molar refractivity (Wildman–Crippen MR) is 189 cm³/mol. The number of para-hydroxylation sites is 1. The zero-order valence-corrected chi connectivity index (χ0v) is 28.8. The number of carbonyl (C=O) groups excluding carboxylic acids is 2. The lowest BCUT2D eigenvalue weighted by Gasteiger charge is -2.17. The number of benzene rings is 6. The van der Waals surface area contributed by atoms with Gasteiger partial charge in [-0.2, -0.15) is 52.7 Å². The third-order valence-electron chi connectivity index (χ3n) is 9.84. The summed E-state index contributed by atoms with van der Waals surface area (Å²) in [6.07, 6.45) is -20.8. The highest BCUT2D eigenvalue weighted by molar-refractivity contribution is 6.35. The number of rotatable bonds is 4. The Hall–Kier alpha value is -6.58. The van der Waals surface area contributed by atoms with Crippen molar-refractivity contribution in [2.24, 2.45) is 0 Å². The SMILES string of the molecule is O=C1c2cccc(-n3c4cc(-c5ccc(C(F)(F)F)cc5C(F)(F)F)ccc4c4ccc(-c5ccc(C(F)(F)F)cc5C(F)(F)F)cc43)c2C(=O)N1c1ccccc1. The minimum absolute atomic E-state index is 0.0212. The van der Waals surface area contributed by atoms with Crippen LogP contribution in [0.2, 0.25) is 0 Å². The van der Waals surface area contributed by atoms with Crippen molar-refractivity contribution >= 4 is 39.3 Å². The number of aromatic nitrogens is 1. The molecule has 0 atom stereocenters. The van der Waals surface area contributed by atoms with Gasteiger partial charge in [-0.05, 0) is 82.9 Å². The minimum atomic E-state index is -5.26. The second-order valence-corrected chi connectivity index (χ2v) is 13.3. The van der Waals surface area contributed by atoms with Crippen LogP contribution in [0, 0.1) is 0 Å². The van der Waals surface area contributed by atoms with Gasteiger partial charge >= 0.3 is 24.7 Å². The molecule has 0 saturated carbocycles.